The summed E-state index contributed by atoms with van der Waals surface area (Å²) in [4.78, 5) is 12.5. The first-order valence-corrected chi connectivity index (χ1v) is 5.95. The van der Waals surface area contributed by atoms with Crippen LogP contribution in [0.5, 0.6) is 0 Å². The van der Waals surface area contributed by atoms with Crippen molar-refractivity contribution >= 4 is 31.6 Å². The van der Waals surface area contributed by atoms with Crippen LogP contribution in [0.25, 0.3) is 20.3 Å². The highest BCUT2D eigenvalue weighted by Gasteiger charge is 2.08. The summed E-state index contributed by atoms with van der Waals surface area (Å²) in [6.07, 6.45) is 0. The van der Waals surface area contributed by atoms with Crippen molar-refractivity contribution in [3.05, 3.63) is 46.2 Å². The van der Waals surface area contributed by atoms with Crippen molar-refractivity contribution in [3.8, 4) is 6.07 Å². The molecular formula is C13H8N2OS. The van der Waals surface area contributed by atoms with Crippen molar-refractivity contribution in [2.45, 2.75) is 0 Å². The Hall–Kier alpha value is -2.12. The molecule has 2 heterocycles. The van der Waals surface area contributed by atoms with Crippen LogP contribution in [0.3, 0.4) is 0 Å². The molecule has 2 aromatic heterocycles. The molecule has 0 atom stereocenters. The predicted molar refractivity (Wildman–Crippen MR) is 69.3 cm³/mol. The van der Waals surface area contributed by atoms with E-state index in [-0.39, 0.29) is 5.56 Å². The maximum Gasteiger partial charge on any atom is 0.251 e. The zero-order valence-corrected chi connectivity index (χ0v) is 9.91. The zero-order chi connectivity index (χ0) is 12.0. The molecule has 0 aliphatic heterocycles. The maximum absolute atomic E-state index is 11.6. The van der Waals surface area contributed by atoms with Gasteiger partial charge in [-0.3, -0.25) is 4.79 Å². The summed E-state index contributed by atoms with van der Waals surface area (Å²) in [5, 5.41) is 11.0. The largest absolute Gasteiger partial charge is 0.303 e. The Balaban J connectivity index is 2.56. The topological polar surface area (TPSA) is 45.8 Å². The highest BCUT2D eigenvalue weighted by Crippen LogP contribution is 2.32. The Morgan fingerprint density at radius 3 is 2.82 bits per heavy atom. The summed E-state index contributed by atoms with van der Waals surface area (Å²) in [6, 6.07) is 11.1. The van der Waals surface area contributed by atoms with Gasteiger partial charge in [-0.1, -0.05) is 0 Å². The molecule has 3 aromatic rings. The van der Waals surface area contributed by atoms with Gasteiger partial charge in [0.25, 0.3) is 5.56 Å². The molecule has 1 aromatic carbocycles. The Morgan fingerprint density at radius 2 is 2.06 bits per heavy atom. The number of rotatable bonds is 0. The minimum atomic E-state index is -0.00966. The van der Waals surface area contributed by atoms with Gasteiger partial charge in [-0.25, -0.2) is 0 Å². The number of thiophene rings is 1. The standard InChI is InChI=1S/C13H8N2OS/c1-15-12(16)5-3-9-10-6-8(7-14)2-4-11(10)17-13(9)15/h2-6H,1H3. The fraction of sp³-hybridized carbons (Fsp3) is 0.0769. The van der Waals surface area contributed by atoms with E-state index in [1.54, 1.807) is 35.1 Å². The molecule has 0 spiro atoms. The van der Waals surface area contributed by atoms with Gasteiger partial charge in [-0.2, -0.15) is 5.26 Å². The van der Waals surface area contributed by atoms with E-state index in [4.69, 9.17) is 5.26 Å². The van der Waals surface area contributed by atoms with Gasteiger partial charge in [0.15, 0.2) is 0 Å². The summed E-state index contributed by atoms with van der Waals surface area (Å²) in [5.41, 5.74) is 0.635. The van der Waals surface area contributed by atoms with E-state index in [0.29, 0.717) is 5.56 Å². The molecule has 82 valence electrons. The molecule has 4 heteroatoms. The van der Waals surface area contributed by atoms with E-state index < -0.39 is 0 Å². The van der Waals surface area contributed by atoms with Crippen molar-refractivity contribution in [1.82, 2.24) is 4.57 Å². The summed E-state index contributed by atoms with van der Waals surface area (Å²) in [7, 11) is 1.77. The summed E-state index contributed by atoms with van der Waals surface area (Å²) < 4.78 is 2.74. The Labute approximate surface area is 101 Å². The lowest BCUT2D eigenvalue weighted by molar-refractivity contribution is 0.915. The van der Waals surface area contributed by atoms with Crippen molar-refractivity contribution in [2.75, 3.05) is 0 Å². The number of benzene rings is 1. The molecular weight excluding hydrogens is 232 g/mol. The first-order valence-electron chi connectivity index (χ1n) is 5.13. The first kappa shape index (κ1) is 10.1. The van der Waals surface area contributed by atoms with E-state index in [1.807, 2.05) is 18.2 Å². The molecule has 0 bridgehead atoms. The van der Waals surface area contributed by atoms with Crippen LogP contribution in [0.15, 0.2) is 35.1 Å². The molecule has 0 amide bonds. The molecule has 3 rings (SSSR count). The van der Waals surface area contributed by atoms with Gasteiger partial charge in [-0.05, 0) is 24.3 Å². The van der Waals surface area contributed by atoms with Crippen LogP contribution in [0.4, 0.5) is 0 Å². The Morgan fingerprint density at radius 1 is 1.24 bits per heavy atom. The number of hydrogen-bond acceptors (Lipinski definition) is 3. The number of pyridine rings is 1. The van der Waals surface area contributed by atoms with Crippen LogP contribution in [0, 0.1) is 11.3 Å². The van der Waals surface area contributed by atoms with Gasteiger partial charge in [0.2, 0.25) is 0 Å². The van der Waals surface area contributed by atoms with Gasteiger partial charge in [0, 0.05) is 28.6 Å². The lowest BCUT2D eigenvalue weighted by atomic mass is 10.1. The molecule has 0 unspecified atom stereocenters. The van der Waals surface area contributed by atoms with Crippen LogP contribution in [0.2, 0.25) is 0 Å². The Bertz CT molecular complexity index is 836. The highest BCUT2D eigenvalue weighted by molar-refractivity contribution is 7.25. The summed E-state index contributed by atoms with van der Waals surface area (Å²) in [6.45, 7) is 0. The summed E-state index contributed by atoms with van der Waals surface area (Å²) in [5.74, 6) is 0. The van der Waals surface area contributed by atoms with Crippen molar-refractivity contribution in [2.24, 2.45) is 7.05 Å². The number of nitrogens with zero attached hydrogens (tertiary/aromatic N) is 2. The average Bonchev–Trinajstić information content (AvgIpc) is 2.72. The normalized spacial score (nSPS) is 10.8. The van der Waals surface area contributed by atoms with Crippen molar-refractivity contribution in [1.29, 1.82) is 5.26 Å². The van der Waals surface area contributed by atoms with Crippen LogP contribution in [-0.2, 0) is 7.05 Å². The quantitative estimate of drug-likeness (QED) is 0.606. The van der Waals surface area contributed by atoms with Gasteiger partial charge in [0.05, 0.1) is 11.6 Å². The molecule has 17 heavy (non-hydrogen) atoms. The Kier molecular flexibility index (Phi) is 2.03. The number of fused-ring (bicyclic) bond motifs is 3. The van der Waals surface area contributed by atoms with Gasteiger partial charge < -0.3 is 4.57 Å². The second-order valence-corrected chi connectivity index (χ2v) is 4.90. The van der Waals surface area contributed by atoms with Crippen LogP contribution >= 0.6 is 11.3 Å². The van der Waals surface area contributed by atoms with Crippen molar-refractivity contribution < 1.29 is 0 Å². The molecule has 0 saturated carbocycles. The lowest BCUT2D eigenvalue weighted by Gasteiger charge is -1.97. The third-order valence-corrected chi connectivity index (χ3v) is 4.13. The second-order valence-electron chi connectivity index (χ2n) is 3.87. The molecule has 3 nitrogen and oxygen atoms in total. The average molecular weight is 240 g/mol. The fourth-order valence-corrected chi connectivity index (χ4v) is 3.09. The van der Waals surface area contributed by atoms with Gasteiger partial charge in [-0.15, -0.1) is 11.3 Å². The minimum Gasteiger partial charge on any atom is -0.303 e. The summed E-state index contributed by atoms with van der Waals surface area (Å²) >= 11 is 1.58. The van der Waals surface area contributed by atoms with E-state index >= 15 is 0 Å². The fourth-order valence-electron chi connectivity index (χ4n) is 1.95. The third-order valence-electron chi connectivity index (χ3n) is 2.86. The van der Waals surface area contributed by atoms with E-state index in [0.717, 1.165) is 20.3 Å². The SMILES string of the molecule is Cn1c(=O)ccc2c3cc(C#N)ccc3sc21. The zero-order valence-electron chi connectivity index (χ0n) is 9.10. The molecule has 0 N–H and O–H groups in total. The molecule has 0 saturated heterocycles. The number of aromatic nitrogens is 1. The van der Waals surface area contributed by atoms with Crippen molar-refractivity contribution in [3.63, 3.8) is 0 Å². The number of aryl methyl sites for hydroxylation is 1. The lowest BCUT2D eigenvalue weighted by Crippen LogP contribution is -2.13. The van der Waals surface area contributed by atoms with E-state index in [9.17, 15) is 4.79 Å². The number of nitriles is 1. The first-order chi connectivity index (χ1) is 8.20. The molecule has 0 radical (unpaired) electrons. The van der Waals surface area contributed by atoms with Crippen LogP contribution in [0.1, 0.15) is 5.56 Å². The van der Waals surface area contributed by atoms with E-state index in [1.165, 1.54) is 0 Å². The maximum atomic E-state index is 11.6. The highest BCUT2D eigenvalue weighted by atomic mass is 32.1. The molecule has 0 aliphatic rings. The minimum absolute atomic E-state index is 0.00966. The monoisotopic (exact) mass is 240 g/mol. The van der Waals surface area contributed by atoms with Gasteiger partial charge >= 0.3 is 0 Å². The van der Waals surface area contributed by atoms with Gasteiger partial charge in [0.1, 0.15) is 4.83 Å². The third kappa shape index (κ3) is 1.37. The smallest absolute Gasteiger partial charge is 0.251 e. The second kappa shape index (κ2) is 3.44. The van der Waals surface area contributed by atoms with Crippen LogP contribution in [-0.4, -0.2) is 4.57 Å². The predicted octanol–water partition coefficient (Wildman–Crippen LogP) is 2.62. The number of hydrogen-bond donors (Lipinski definition) is 0. The van der Waals surface area contributed by atoms with Crippen LogP contribution < -0.4 is 5.56 Å². The molecule has 0 fully saturated rings. The van der Waals surface area contributed by atoms with E-state index in [2.05, 4.69) is 6.07 Å². The molecule has 0 aliphatic carbocycles.